The maximum atomic E-state index is 13.8. The van der Waals surface area contributed by atoms with Gasteiger partial charge in [0.1, 0.15) is 17.4 Å². The summed E-state index contributed by atoms with van der Waals surface area (Å²) in [5.41, 5.74) is -0.117. The fraction of sp³-hybridized carbons (Fsp3) is 0.500. The molecule has 2 atom stereocenters. The Morgan fingerprint density at radius 2 is 2.11 bits per heavy atom. The summed E-state index contributed by atoms with van der Waals surface area (Å²) in [5.74, 6) is -1.06. The summed E-state index contributed by atoms with van der Waals surface area (Å²) in [6.07, 6.45) is 2.75. The molecule has 0 saturated heterocycles. The molecular formula is C14H15BrF2O. The lowest BCUT2D eigenvalue weighted by molar-refractivity contribution is -0.123. The molecule has 0 spiro atoms. The van der Waals surface area contributed by atoms with Crippen LogP contribution < -0.4 is 0 Å². The Kier molecular flexibility index (Phi) is 4.15. The van der Waals surface area contributed by atoms with E-state index in [4.69, 9.17) is 0 Å². The van der Waals surface area contributed by atoms with E-state index in [1.165, 1.54) is 12.1 Å². The number of carbonyl (C=O) groups excluding carboxylic acids is 1. The molecule has 1 fully saturated rings. The first kappa shape index (κ1) is 13.7. The van der Waals surface area contributed by atoms with Gasteiger partial charge >= 0.3 is 0 Å². The third kappa shape index (κ3) is 2.63. The first-order valence-electron chi connectivity index (χ1n) is 6.15. The fourth-order valence-corrected chi connectivity index (χ4v) is 3.03. The molecule has 4 heteroatoms. The van der Waals surface area contributed by atoms with E-state index in [9.17, 15) is 13.6 Å². The van der Waals surface area contributed by atoms with Crippen molar-refractivity contribution >= 4 is 21.7 Å². The Morgan fingerprint density at radius 3 is 2.72 bits per heavy atom. The van der Waals surface area contributed by atoms with Crippen LogP contribution >= 0.6 is 15.9 Å². The van der Waals surface area contributed by atoms with Gasteiger partial charge in [0.15, 0.2) is 0 Å². The summed E-state index contributed by atoms with van der Waals surface area (Å²) >= 11 is 3.01. The molecule has 1 aromatic rings. The van der Waals surface area contributed by atoms with Gasteiger partial charge in [0.2, 0.25) is 0 Å². The van der Waals surface area contributed by atoms with Crippen LogP contribution in [0.4, 0.5) is 8.78 Å². The molecule has 0 aromatic heterocycles. The maximum absolute atomic E-state index is 13.8. The Morgan fingerprint density at radius 1 is 1.39 bits per heavy atom. The summed E-state index contributed by atoms with van der Waals surface area (Å²) in [5, 5.41) is 0. The van der Waals surface area contributed by atoms with E-state index in [0.717, 1.165) is 19.3 Å². The molecule has 18 heavy (non-hydrogen) atoms. The lowest BCUT2D eigenvalue weighted by atomic mass is 9.90. The van der Waals surface area contributed by atoms with Gasteiger partial charge in [-0.1, -0.05) is 13.3 Å². The zero-order valence-electron chi connectivity index (χ0n) is 10.2. The number of ketones is 1. The van der Waals surface area contributed by atoms with Crippen molar-refractivity contribution in [3.63, 3.8) is 0 Å². The number of rotatable bonds is 3. The van der Waals surface area contributed by atoms with Crippen molar-refractivity contribution in [2.24, 2.45) is 11.8 Å². The lowest BCUT2D eigenvalue weighted by Gasteiger charge is -2.14. The molecule has 2 rings (SSSR count). The second kappa shape index (κ2) is 5.47. The summed E-state index contributed by atoms with van der Waals surface area (Å²) in [4.78, 5) is 12.1. The Bertz CT molecular complexity index is 473. The average Bonchev–Trinajstić information content (AvgIpc) is 2.76. The Labute approximate surface area is 114 Å². The van der Waals surface area contributed by atoms with Crippen LogP contribution in [-0.2, 0) is 11.2 Å². The van der Waals surface area contributed by atoms with Crippen molar-refractivity contribution < 1.29 is 13.6 Å². The average molecular weight is 317 g/mol. The van der Waals surface area contributed by atoms with Crippen LogP contribution in [0.2, 0.25) is 0 Å². The minimum atomic E-state index is -0.658. The van der Waals surface area contributed by atoms with Gasteiger partial charge in [0.05, 0.1) is 4.47 Å². The molecule has 1 aliphatic carbocycles. The van der Waals surface area contributed by atoms with Crippen molar-refractivity contribution in [3.8, 4) is 0 Å². The zero-order valence-corrected chi connectivity index (χ0v) is 11.8. The number of halogens is 3. The minimum Gasteiger partial charge on any atom is -0.299 e. The molecule has 1 nitrogen and oxygen atoms in total. The molecule has 0 aliphatic heterocycles. The minimum absolute atomic E-state index is 0.0391. The van der Waals surface area contributed by atoms with Crippen LogP contribution in [0.1, 0.15) is 31.7 Å². The summed E-state index contributed by atoms with van der Waals surface area (Å²) in [7, 11) is 0. The standard InChI is InChI=1S/C14H15BrF2O/c1-8-3-2-4-9(8)13(18)7-10-12(16)6-5-11(15)14(10)17/h5-6,8-9H,2-4,7H2,1H3. The normalized spacial score (nSPS) is 23.3. The van der Waals surface area contributed by atoms with Crippen LogP contribution in [0, 0.1) is 23.5 Å². The molecule has 1 aromatic carbocycles. The number of benzene rings is 1. The van der Waals surface area contributed by atoms with Gasteiger partial charge in [-0.05, 0) is 46.8 Å². The lowest BCUT2D eigenvalue weighted by Crippen LogP contribution is -2.20. The SMILES string of the molecule is CC1CCCC1C(=O)Cc1c(F)ccc(Br)c1F. The van der Waals surface area contributed by atoms with E-state index in [0.29, 0.717) is 5.92 Å². The van der Waals surface area contributed by atoms with Crippen molar-refractivity contribution in [2.75, 3.05) is 0 Å². The van der Waals surface area contributed by atoms with Crippen molar-refractivity contribution in [1.82, 2.24) is 0 Å². The van der Waals surface area contributed by atoms with Gasteiger partial charge in [-0.3, -0.25) is 4.79 Å². The summed E-state index contributed by atoms with van der Waals surface area (Å²) < 4.78 is 27.5. The van der Waals surface area contributed by atoms with Gasteiger partial charge in [-0.25, -0.2) is 8.78 Å². The number of Topliss-reactive ketones (excluding diaryl/α,β-unsaturated/α-hetero) is 1. The zero-order chi connectivity index (χ0) is 13.3. The first-order valence-corrected chi connectivity index (χ1v) is 6.95. The van der Waals surface area contributed by atoms with Crippen molar-refractivity contribution in [1.29, 1.82) is 0 Å². The second-order valence-electron chi connectivity index (χ2n) is 4.98. The highest BCUT2D eigenvalue weighted by atomic mass is 79.9. The van der Waals surface area contributed by atoms with Crippen LogP contribution in [0.15, 0.2) is 16.6 Å². The van der Waals surface area contributed by atoms with E-state index in [2.05, 4.69) is 15.9 Å². The van der Waals surface area contributed by atoms with Gasteiger partial charge in [-0.2, -0.15) is 0 Å². The number of carbonyl (C=O) groups is 1. The molecule has 0 N–H and O–H groups in total. The van der Waals surface area contributed by atoms with Crippen molar-refractivity contribution in [3.05, 3.63) is 33.8 Å². The van der Waals surface area contributed by atoms with E-state index >= 15 is 0 Å². The molecule has 0 bridgehead atoms. The van der Waals surface area contributed by atoms with Gasteiger partial charge in [0.25, 0.3) is 0 Å². The quantitative estimate of drug-likeness (QED) is 0.761. The molecule has 0 amide bonds. The first-order chi connectivity index (χ1) is 8.50. The van der Waals surface area contributed by atoms with E-state index in [-0.39, 0.29) is 28.2 Å². The molecule has 98 valence electrons. The maximum Gasteiger partial charge on any atom is 0.143 e. The highest BCUT2D eigenvalue weighted by Gasteiger charge is 2.30. The third-order valence-corrected chi connectivity index (χ3v) is 4.38. The van der Waals surface area contributed by atoms with Gasteiger partial charge in [0, 0.05) is 17.9 Å². The molecule has 1 aliphatic rings. The smallest absolute Gasteiger partial charge is 0.143 e. The predicted molar refractivity (Wildman–Crippen MR) is 69.3 cm³/mol. The Balaban J connectivity index is 2.19. The van der Waals surface area contributed by atoms with E-state index in [1.54, 1.807) is 0 Å². The van der Waals surface area contributed by atoms with E-state index < -0.39 is 11.6 Å². The molecule has 1 saturated carbocycles. The number of hydrogen-bond acceptors (Lipinski definition) is 1. The largest absolute Gasteiger partial charge is 0.299 e. The fourth-order valence-electron chi connectivity index (χ4n) is 2.66. The van der Waals surface area contributed by atoms with Crippen molar-refractivity contribution in [2.45, 2.75) is 32.6 Å². The third-order valence-electron chi connectivity index (χ3n) is 3.76. The topological polar surface area (TPSA) is 17.1 Å². The van der Waals surface area contributed by atoms with Gasteiger partial charge < -0.3 is 0 Å². The highest BCUT2D eigenvalue weighted by molar-refractivity contribution is 9.10. The molecule has 2 unspecified atom stereocenters. The molecular weight excluding hydrogens is 302 g/mol. The van der Waals surface area contributed by atoms with Crippen LogP contribution in [0.25, 0.3) is 0 Å². The highest BCUT2D eigenvalue weighted by Crippen LogP contribution is 2.33. The summed E-state index contributed by atoms with van der Waals surface area (Å²) in [6, 6.07) is 2.50. The monoisotopic (exact) mass is 316 g/mol. The van der Waals surface area contributed by atoms with Crippen LogP contribution in [-0.4, -0.2) is 5.78 Å². The summed E-state index contributed by atoms with van der Waals surface area (Å²) in [6.45, 7) is 2.03. The number of hydrogen-bond donors (Lipinski definition) is 0. The van der Waals surface area contributed by atoms with E-state index in [1.807, 2.05) is 6.92 Å². The van der Waals surface area contributed by atoms with Gasteiger partial charge in [-0.15, -0.1) is 0 Å². The Hall–Kier alpha value is -0.770. The van der Waals surface area contributed by atoms with Crippen LogP contribution in [0.3, 0.4) is 0 Å². The second-order valence-corrected chi connectivity index (χ2v) is 5.83. The van der Waals surface area contributed by atoms with Crippen LogP contribution in [0.5, 0.6) is 0 Å². The predicted octanol–water partition coefficient (Wildman–Crippen LogP) is 4.28. The molecule has 0 heterocycles. The molecule has 0 radical (unpaired) electrons.